The van der Waals surface area contributed by atoms with Crippen molar-refractivity contribution in [2.24, 2.45) is 0 Å². The summed E-state index contributed by atoms with van der Waals surface area (Å²) < 4.78 is 6.10. The van der Waals surface area contributed by atoms with Crippen LogP contribution in [-0.2, 0) is 11.3 Å². The topological polar surface area (TPSA) is 44.8 Å². The van der Waals surface area contributed by atoms with Gasteiger partial charge in [0.2, 0.25) is 5.91 Å². The van der Waals surface area contributed by atoms with Crippen molar-refractivity contribution >= 4 is 27.5 Å². The summed E-state index contributed by atoms with van der Waals surface area (Å²) in [6.07, 6.45) is 0. The van der Waals surface area contributed by atoms with Gasteiger partial charge in [0.25, 0.3) is 0 Å². The number of halogens is 1. The van der Waals surface area contributed by atoms with Crippen LogP contribution in [0.3, 0.4) is 0 Å². The molecule has 0 spiro atoms. The molecule has 0 atom stereocenters. The third-order valence-electron chi connectivity index (χ3n) is 4.55. The Balaban J connectivity index is 1.43. The normalized spacial score (nSPS) is 15.6. The number of methoxy groups -OCH3 is 1. The van der Waals surface area contributed by atoms with E-state index >= 15 is 0 Å². The van der Waals surface area contributed by atoms with Crippen molar-refractivity contribution in [3.63, 3.8) is 0 Å². The number of hydrogen-bond acceptors (Lipinski definition) is 4. The quantitative estimate of drug-likeness (QED) is 0.783. The van der Waals surface area contributed by atoms with Crippen molar-refractivity contribution in [1.29, 1.82) is 0 Å². The molecule has 3 rings (SSSR count). The molecule has 26 heavy (non-hydrogen) atoms. The summed E-state index contributed by atoms with van der Waals surface area (Å²) in [5.41, 5.74) is 2.10. The fraction of sp³-hybridized carbons (Fsp3) is 0.350. The molecule has 2 aromatic rings. The highest BCUT2D eigenvalue weighted by Crippen LogP contribution is 2.21. The SMILES string of the molecule is COc1ccc(CN2CCN(CC(=O)Nc3ccccc3Br)CC2)cc1. The summed E-state index contributed by atoms with van der Waals surface area (Å²) in [7, 11) is 1.68. The predicted octanol–water partition coefficient (Wildman–Crippen LogP) is 3.21. The summed E-state index contributed by atoms with van der Waals surface area (Å²) in [6, 6.07) is 15.9. The van der Waals surface area contributed by atoms with Crippen LogP contribution in [0.4, 0.5) is 5.69 Å². The average molecular weight is 418 g/mol. The molecule has 1 N–H and O–H groups in total. The Labute approximate surface area is 163 Å². The van der Waals surface area contributed by atoms with Gasteiger partial charge in [0, 0.05) is 37.2 Å². The monoisotopic (exact) mass is 417 g/mol. The first kappa shape index (κ1) is 18.9. The minimum atomic E-state index is 0.0282. The Morgan fingerprint density at radius 3 is 2.35 bits per heavy atom. The molecule has 6 heteroatoms. The molecule has 1 aliphatic rings. The Morgan fingerprint density at radius 2 is 1.69 bits per heavy atom. The zero-order chi connectivity index (χ0) is 18.4. The highest BCUT2D eigenvalue weighted by Gasteiger charge is 2.19. The molecule has 0 bridgehead atoms. The first-order valence-corrected chi connectivity index (χ1v) is 9.55. The number of carbonyl (C=O) groups is 1. The lowest BCUT2D eigenvalue weighted by atomic mass is 10.2. The maximum absolute atomic E-state index is 12.3. The van der Waals surface area contributed by atoms with Crippen molar-refractivity contribution in [2.45, 2.75) is 6.54 Å². The molecule has 0 aromatic heterocycles. The van der Waals surface area contributed by atoms with Crippen molar-refractivity contribution in [3.05, 3.63) is 58.6 Å². The molecule has 1 saturated heterocycles. The van der Waals surface area contributed by atoms with Gasteiger partial charge in [0.15, 0.2) is 0 Å². The Morgan fingerprint density at radius 1 is 1.04 bits per heavy atom. The zero-order valence-corrected chi connectivity index (χ0v) is 16.5. The zero-order valence-electron chi connectivity index (χ0n) is 15.0. The summed E-state index contributed by atoms with van der Waals surface area (Å²) in [6.45, 7) is 5.10. The van der Waals surface area contributed by atoms with Gasteiger partial charge in [-0.05, 0) is 45.8 Å². The van der Waals surface area contributed by atoms with E-state index in [4.69, 9.17) is 4.74 Å². The van der Waals surface area contributed by atoms with Gasteiger partial charge in [0.05, 0.1) is 19.3 Å². The second-order valence-electron chi connectivity index (χ2n) is 6.43. The first-order chi connectivity index (χ1) is 12.6. The van der Waals surface area contributed by atoms with Crippen LogP contribution in [0.25, 0.3) is 0 Å². The average Bonchev–Trinajstić information content (AvgIpc) is 2.66. The second-order valence-corrected chi connectivity index (χ2v) is 7.28. The Kier molecular flexibility index (Phi) is 6.66. The van der Waals surface area contributed by atoms with Crippen LogP contribution >= 0.6 is 15.9 Å². The predicted molar refractivity (Wildman–Crippen MR) is 107 cm³/mol. The Hall–Kier alpha value is -1.89. The van der Waals surface area contributed by atoms with Gasteiger partial charge in [-0.2, -0.15) is 0 Å². The third kappa shape index (κ3) is 5.30. The number of ether oxygens (including phenoxy) is 1. The molecule has 2 aromatic carbocycles. The molecule has 138 valence electrons. The number of anilines is 1. The van der Waals surface area contributed by atoms with Crippen molar-refractivity contribution in [1.82, 2.24) is 9.80 Å². The summed E-state index contributed by atoms with van der Waals surface area (Å²) in [5, 5.41) is 2.97. The molecule has 1 aliphatic heterocycles. The maximum atomic E-state index is 12.3. The van der Waals surface area contributed by atoms with Crippen LogP contribution in [0.2, 0.25) is 0 Å². The van der Waals surface area contributed by atoms with Gasteiger partial charge in [0.1, 0.15) is 5.75 Å². The van der Waals surface area contributed by atoms with Crippen molar-refractivity contribution < 1.29 is 9.53 Å². The van der Waals surface area contributed by atoms with Crippen LogP contribution in [0.1, 0.15) is 5.56 Å². The van der Waals surface area contributed by atoms with E-state index in [-0.39, 0.29) is 5.91 Å². The number of benzene rings is 2. The number of hydrogen-bond donors (Lipinski definition) is 1. The van der Waals surface area contributed by atoms with E-state index in [9.17, 15) is 4.79 Å². The molecule has 5 nitrogen and oxygen atoms in total. The van der Waals surface area contributed by atoms with E-state index < -0.39 is 0 Å². The van der Waals surface area contributed by atoms with E-state index in [0.29, 0.717) is 6.54 Å². The van der Waals surface area contributed by atoms with E-state index in [1.165, 1.54) is 5.56 Å². The van der Waals surface area contributed by atoms with E-state index in [0.717, 1.165) is 48.6 Å². The molecular formula is C20H24BrN3O2. The summed E-state index contributed by atoms with van der Waals surface area (Å²) >= 11 is 3.46. The number of para-hydroxylation sites is 1. The standard InChI is InChI=1S/C20H24BrN3O2/c1-26-17-8-6-16(7-9-17)14-23-10-12-24(13-11-23)15-20(25)22-19-5-3-2-4-18(19)21/h2-9H,10-15H2,1H3,(H,22,25). The van der Waals surface area contributed by atoms with Crippen molar-refractivity contribution in [3.8, 4) is 5.75 Å². The van der Waals surface area contributed by atoms with Crippen LogP contribution in [0.5, 0.6) is 5.75 Å². The van der Waals surface area contributed by atoms with E-state index in [1.807, 2.05) is 36.4 Å². The molecular weight excluding hydrogens is 394 g/mol. The minimum absolute atomic E-state index is 0.0282. The number of amides is 1. The molecule has 0 radical (unpaired) electrons. The largest absolute Gasteiger partial charge is 0.497 e. The fourth-order valence-corrected chi connectivity index (χ4v) is 3.43. The van der Waals surface area contributed by atoms with Crippen LogP contribution < -0.4 is 10.1 Å². The minimum Gasteiger partial charge on any atom is -0.497 e. The lowest BCUT2D eigenvalue weighted by molar-refractivity contribution is -0.117. The van der Waals surface area contributed by atoms with Gasteiger partial charge < -0.3 is 10.1 Å². The molecule has 1 heterocycles. The molecule has 1 fully saturated rings. The number of nitrogens with zero attached hydrogens (tertiary/aromatic N) is 2. The highest BCUT2D eigenvalue weighted by molar-refractivity contribution is 9.10. The van der Waals surface area contributed by atoms with Gasteiger partial charge in [-0.25, -0.2) is 0 Å². The first-order valence-electron chi connectivity index (χ1n) is 8.76. The molecule has 0 saturated carbocycles. The van der Waals surface area contributed by atoms with Crippen LogP contribution in [0.15, 0.2) is 53.0 Å². The highest BCUT2D eigenvalue weighted by atomic mass is 79.9. The second kappa shape index (κ2) is 9.16. The smallest absolute Gasteiger partial charge is 0.238 e. The van der Waals surface area contributed by atoms with Gasteiger partial charge in [-0.1, -0.05) is 24.3 Å². The van der Waals surface area contributed by atoms with E-state index in [1.54, 1.807) is 7.11 Å². The molecule has 0 unspecified atom stereocenters. The van der Waals surface area contributed by atoms with Crippen LogP contribution in [0, 0.1) is 0 Å². The number of nitrogens with one attached hydrogen (secondary N) is 1. The molecule has 1 amide bonds. The van der Waals surface area contributed by atoms with Gasteiger partial charge in [-0.3, -0.25) is 14.6 Å². The van der Waals surface area contributed by atoms with E-state index in [2.05, 4.69) is 43.2 Å². The third-order valence-corrected chi connectivity index (χ3v) is 5.24. The van der Waals surface area contributed by atoms with Gasteiger partial charge >= 0.3 is 0 Å². The lowest BCUT2D eigenvalue weighted by Gasteiger charge is -2.34. The lowest BCUT2D eigenvalue weighted by Crippen LogP contribution is -2.48. The summed E-state index contributed by atoms with van der Waals surface area (Å²) in [5.74, 6) is 0.912. The number of carbonyl (C=O) groups excluding carboxylic acids is 1. The van der Waals surface area contributed by atoms with Crippen LogP contribution in [-0.4, -0.2) is 55.5 Å². The number of piperazine rings is 1. The molecule has 0 aliphatic carbocycles. The van der Waals surface area contributed by atoms with Gasteiger partial charge in [-0.15, -0.1) is 0 Å². The fourth-order valence-electron chi connectivity index (χ4n) is 3.05. The summed E-state index contributed by atoms with van der Waals surface area (Å²) in [4.78, 5) is 16.9. The number of rotatable bonds is 6. The Bertz CT molecular complexity index is 728. The van der Waals surface area contributed by atoms with Crippen molar-refractivity contribution in [2.75, 3.05) is 45.2 Å². The maximum Gasteiger partial charge on any atom is 0.238 e.